The minimum Gasteiger partial charge on any atom is -0.491 e. The quantitative estimate of drug-likeness (QED) is 0.889. The van der Waals surface area contributed by atoms with Gasteiger partial charge in [-0.05, 0) is 37.9 Å². The lowest BCUT2D eigenvalue weighted by atomic mass is 10.1. The monoisotopic (exact) mass is 315 g/mol. The Morgan fingerprint density at radius 3 is 2.96 bits per heavy atom. The van der Waals surface area contributed by atoms with Crippen molar-refractivity contribution in [1.82, 2.24) is 14.7 Å². The van der Waals surface area contributed by atoms with Crippen LogP contribution in [0.25, 0.3) is 0 Å². The summed E-state index contributed by atoms with van der Waals surface area (Å²) in [6.07, 6.45) is 5.78. The van der Waals surface area contributed by atoms with Crippen LogP contribution in [0.1, 0.15) is 30.0 Å². The van der Waals surface area contributed by atoms with Crippen LogP contribution in [0.15, 0.2) is 36.7 Å². The minimum atomic E-state index is -0.494. The van der Waals surface area contributed by atoms with Crippen LogP contribution in [0.5, 0.6) is 5.75 Å². The van der Waals surface area contributed by atoms with Crippen molar-refractivity contribution in [3.63, 3.8) is 0 Å². The molecule has 1 aromatic carbocycles. The second-order valence-electron chi connectivity index (χ2n) is 6.33. The highest BCUT2D eigenvalue weighted by Gasteiger charge is 2.28. The van der Waals surface area contributed by atoms with Crippen LogP contribution in [0.4, 0.5) is 0 Å². The van der Waals surface area contributed by atoms with Gasteiger partial charge in [-0.15, -0.1) is 0 Å². The van der Waals surface area contributed by atoms with Gasteiger partial charge in [0, 0.05) is 31.4 Å². The van der Waals surface area contributed by atoms with Gasteiger partial charge in [-0.25, -0.2) is 0 Å². The molecule has 0 aliphatic carbocycles. The minimum absolute atomic E-state index is 0.321. The van der Waals surface area contributed by atoms with E-state index in [2.05, 4.69) is 16.2 Å². The number of aryl methyl sites for hydroxylation is 2. The molecule has 23 heavy (non-hydrogen) atoms. The van der Waals surface area contributed by atoms with Crippen molar-refractivity contribution >= 4 is 0 Å². The fourth-order valence-electron chi connectivity index (χ4n) is 3.26. The number of aromatic nitrogens is 2. The molecule has 2 atom stereocenters. The molecule has 0 unspecified atom stereocenters. The van der Waals surface area contributed by atoms with Gasteiger partial charge in [0.15, 0.2) is 0 Å². The third kappa shape index (κ3) is 3.92. The molecule has 0 spiro atoms. The third-order valence-corrected chi connectivity index (χ3v) is 4.44. The molecule has 1 aliphatic rings. The first-order chi connectivity index (χ1) is 11.1. The number of ether oxygens (including phenoxy) is 1. The number of nitrogens with zero attached hydrogens (tertiary/aromatic N) is 3. The Kier molecular flexibility index (Phi) is 4.98. The molecular formula is C18H25N3O2. The Bertz CT molecular complexity index is 641. The second-order valence-corrected chi connectivity index (χ2v) is 6.33. The van der Waals surface area contributed by atoms with Gasteiger partial charge in [0.2, 0.25) is 0 Å². The molecule has 0 bridgehead atoms. The molecule has 1 aromatic heterocycles. The van der Waals surface area contributed by atoms with Crippen molar-refractivity contribution in [2.24, 2.45) is 7.05 Å². The fraction of sp³-hybridized carbons (Fsp3) is 0.500. The molecule has 1 fully saturated rings. The standard InChI is InChI=1S/C18H25N3O2/c1-14-6-3-4-8-18(14)23-13-16(22)12-21-9-5-7-17(21)15-10-19-20(2)11-15/h3-4,6,8,10-11,16-17,22H,5,7,9,12-13H2,1-2H3/t16-,17-/m0/s1. The predicted octanol–water partition coefficient (Wildman–Crippen LogP) is 2.31. The van der Waals surface area contributed by atoms with Crippen LogP contribution in [0, 0.1) is 6.92 Å². The highest BCUT2D eigenvalue weighted by molar-refractivity contribution is 5.31. The zero-order valence-corrected chi connectivity index (χ0v) is 13.9. The summed E-state index contributed by atoms with van der Waals surface area (Å²) >= 11 is 0. The Morgan fingerprint density at radius 1 is 1.39 bits per heavy atom. The number of aliphatic hydroxyl groups is 1. The molecular weight excluding hydrogens is 290 g/mol. The lowest BCUT2D eigenvalue weighted by Crippen LogP contribution is -2.35. The first-order valence-electron chi connectivity index (χ1n) is 8.22. The van der Waals surface area contributed by atoms with Gasteiger partial charge < -0.3 is 9.84 Å². The van der Waals surface area contributed by atoms with Crippen molar-refractivity contribution in [3.8, 4) is 5.75 Å². The van der Waals surface area contributed by atoms with Crippen LogP contribution >= 0.6 is 0 Å². The Hall–Kier alpha value is -1.85. The van der Waals surface area contributed by atoms with Crippen molar-refractivity contribution in [3.05, 3.63) is 47.8 Å². The van der Waals surface area contributed by atoms with Crippen molar-refractivity contribution < 1.29 is 9.84 Å². The van der Waals surface area contributed by atoms with Gasteiger partial charge in [-0.3, -0.25) is 9.58 Å². The highest BCUT2D eigenvalue weighted by atomic mass is 16.5. The molecule has 124 valence electrons. The first kappa shape index (κ1) is 16.0. The van der Waals surface area contributed by atoms with Gasteiger partial charge in [-0.1, -0.05) is 18.2 Å². The lowest BCUT2D eigenvalue weighted by molar-refractivity contribution is 0.0636. The van der Waals surface area contributed by atoms with E-state index in [1.807, 2.05) is 49.1 Å². The maximum atomic E-state index is 10.3. The van der Waals surface area contributed by atoms with E-state index in [4.69, 9.17) is 4.74 Å². The van der Waals surface area contributed by atoms with Gasteiger partial charge in [0.05, 0.1) is 6.20 Å². The van der Waals surface area contributed by atoms with E-state index in [9.17, 15) is 5.11 Å². The molecule has 0 saturated carbocycles. The van der Waals surface area contributed by atoms with Crippen LogP contribution in [-0.4, -0.2) is 45.6 Å². The lowest BCUT2D eigenvalue weighted by Gasteiger charge is -2.26. The summed E-state index contributed by atoms with van der Waals surface area (Å²) in [4.78, 5) is 2.34. The molecule has 0 radical (unpaired) electrons. The summed E-state index contributed by atoms with van der Waals surface area (Å²) in [5, 5.41) is 14.6. The van der Waals surface area contributed by atoms with Crippen molar-refractivity contribution in [2.75, 3.05) is 19.7 Å². The molecule has 3 rings (SSSR count). The van der Waals surface area contributed by atoms with E-state index in [1.165, 1.54) is 5.56 Å². The van der Waals surface area contributed by atoms with Gasteiger partial charge in [-0.2, -0.15) is 5.10 Å². The third-order valence-electron chi connectivity index (χ3n) is 4.44. The zero-order chi connectivity index (χ0) is 16.2. The first-order valence-corrected chi connectivity index (χ1v) is 8.22. The van der Waals surface area contributed by atoms with Gasteiger partial charge in [0.25, 0.3) is 0 Å². The van der Waals surface area contributed by atoms with Crippen LogP contribution < -0.4 is 4.74 Å². The predicted molar refractivity (Wildman–Crippen MR) is 89.4 cm³/mol. The summed E-state index contributed by atoms with van der Waals surface area (Å²) in [6, 6.07) is 8.25. The maximum absolute atomic E-state index is 10.3. The number of benzene rings is 1. The number of β-amino-alcohol motifs (C(OH)–C–C–N with tert-alkyl or cyclic N) is 1. The van der Waals surface area contributed by atoms with Gasteiger partial charge in [0.1, 0.15) is 18.5 Å². The largest absolute Gasteiger partial charge is 0.491 e. The fourth-order valence-corrected chi connectivity index (χ4v) is 3.26. The molecule has 1 N–H and O–H groups in total. The topological polar surface area (TPSA) is 50.5 Å². The van der Waals surface area contributed by atoms with E-state index < -0.39 is 6.10 Å². The Labute approximate surface area is 137 Å². The zero-order valence-electron chi connectivity index (χ0n) is 13.9. The van der Waals surface area contributed by atoms with Crippen molar-refractivity contribution in [2.45, 2.75) is 31.9 Å². The van der Waals surface area contributed by atoms with Crippen LogP contribution in [0.2, 0.25) is 0 Å². The molecule has 2 heterocycles. The summed E-state index contributed by atoms with van der Waals surface area (Å²) in [6.45, 7) is 3.98. The average molecular weight is 315 g/mol. The smallest absolute Gasteiger partial charge is 0.122 e. The molecule has 1 saturated heterocycles. The van der Waals surface area contributed by atoms with E-state index in [0.717, 1.165) is 30.7 Å². The van der Waals surface area contributed by atoms with E-state index >= 15 is 0 Å². The number of rotatable bonds is 6. The number of para-hydroxylation sites is 1. The second kappa shape index (κ2) is 7.15. The summed E-state index contributed by atoms with van der Waals surface area (Å²) < 4.78 is 7.60. The van der Waals surface area contributed by atoms with Crippen LogP contribution in [-0.2, 0) is 7.05 Å². The normalized spacial score (nSPS) is 19.9. The molecule has 1 aliphatic heterocycles. The molecule has 2 aromatic rings. The molecule has 5 heteroatoms. The maximum Gasteiger partial charge on any atom is 0.122 e. The SMILES string of the molecule is Cc1ccccc1OC[C@@H](O)CN1CCC[C@H]1c1cnn(C)c1. The molecule has 0 amide bonds. The average Bonchev–Trinajstić information content (AvgIpc) is 3.15. The van der Waals surface area contributed by atoms with E-state index in [1.54, 1.807) is 0 Å². The van der Waals surface area contributed by atoms with E-state index in [-0.39, 0.29) is 0 Å². The van der Waals surface area contributed by atoms with Gasteiger partial charge >= 0.3 is 0 Å². The Balaban J connectivity index is 1.54. The summed E-state index contributed by atoms with van der Waals surface area (Å²) in [5.41, 5.74) is 2.33. The highest BCUT2D eigenvalue weighted by Crippen LogP contribution is 2.31. The Morgan fingerprint density at radius 2 is 2.22 bits per heavy atom. The number of likely N-dealkylation sites (tertiary alicyclic amines) is 1. The molecule has 5 nitrogen and oxygen atoms in total. The number of aliphatic hydroxyl groups excluding tert-OH is 1. The number of hydrogen-bond donors (Lipinski definition) is 1. The van der Waals surface area contributed by atoms with Crippen LogP contribution in [0.3, 0.4) is 0 Å². The van der Waals surface area contributed by atoms with E-state index in [0.29, 0.717) is 19.2 Å². The number of hydrogen-bond acceptors (Lipinski definition) is 4. The van der Waals surface area contributed by atoms with Crippen molar-refractivity contribution in [1.29, 1.82) is 0 Å². The summed E-state index contributed by atoms with van der Waals surface area (Å²) in [7, 11) is 1.94. The summed E-state index contributed by atoms with van der Waals surface area (Å²) in [5.74, 6) is 0.844.